The van der Waals surface area contributed by atoms with Gasteiger partial charge in [-0.3, -0.25) is 23.4 Å². The van der Waals surface area contributed by atoms with Crippen LogP contribution in [-0.4, -0.2) is 204 Å². The van der Waals surface area contributed by atoms with Gasteiger partial charge < -0.3 is 89.1 Å². The Hall–Kier alpha value is -2.56. The van der Waals surface area contributed by atoms with Crippen molar-refractivity contribution in [1.29, 1.82) is 0 Å². The molecule has 0 aromatic heterocycles. The first kappa shape index (κ1) is 91.6. The number of phosphoric ester groups is 1. The van der Waals surface area contributed by atoms with Crippen molar-refractivity contribution in [2.75, 3.05) is 26.4 Å². The molecule has 0 aromatic carbocycles. The summed E-state index contributed by atoms with van der Waals surface area (Å²) >= 11 is 0. The molecule has 0 bridgehead atoms. The number of aliphatic hydroxyl groups is 10. The van der Waals surface area contributed by atoms with E-state index in [1.165, 1.54) is 128 Å². The molecule has 2 heterocycles. The zero-order valence-electron chi connectivity index (χ0n) is 61.2. The predicted octanol–water partition coefficient (Wildman–Crippen LogP) is 11.3. The number of allylic oxidation sites excluding steroid dienone is 4. The molecule has 3 aliphatic rings. The summed E-state index contributed by atoms with van der Waals surface area (Å²) in [5, 5.41) is 110. The number of aliphatic hydroxyl groups excluding tert-OH is 10. The van der Waals surface area contributed by atoms with E-state index in [9.17, 15) is 74.9 Å². The maximum Gasteiger partial charge on any atom is 0.472 e. The van der Waals surface area contributed by atoms with Gasteiger partial charge in [-0.05, 0) is 70.6 Å². The first-order valence-corrected chi connectivity index (χ1v) is 40.6. The number of rotatable bonds is 61. The second kappa shape index (κ2) is 56.7. The van der Waals surface area contributed by atoms with Crippen LogP contribution in [0.5, 0.6) is 0 Å². The number of carbonyl (C=O) groups excluding carboxylic acids is 3. The number of carbonyl (C=O) groups is 3. The summed E-state index contributed by atoms with van der Waals surface area (Å²) in [6.45, 7) is 3.43. The Morgan fingerprint density at radius 1 is 0.380 bits per heavy atom. The minimum Gasteiger partial charge on any atom is -0.463 e. The van der Waals surface area contributed by atoms with Crippen LogP contribution in [0.25, 0.3) is 0 Å². The first-order chi connectivity index (χ1) is 48.3. The quantitative estimate of drug-likeness (QED) is 0.00886. The number of hydrogen-bond acceptors (Lipinski definition) is 23. The van der Waals surface area contributed by atoms with Gasteiger partial charge in [-0.1, -0.05) is 238 Å². The van der Waals surface area contributed by atoms with Crippen LogP contribution in [0.15, 0.2) is 24.3 Å². The number of hydrogen-bond donors (Lipinski definition) is 11. The zero-order chi connectivity index (χ0) is 73.2. The fourth-order valence-corrected chi connectivity index (χ4v) is 13.8. The van der Waals surface area contributed by atoms with E-state index in [-0.39, 0.29) is 19.3 Å². The van der Waals surface area contributed by atoms with Crippen LogP contribution in [0, 0.1) is 0 Å². The van der Waals surface area contributed by atoms with Crippen molar-refractivity contribution >= 4 is 25.7 Å². The summed E-state index contributed by atoms with van der Waals surface area (Å²) in [5.74, 6) is -2.01. The van der Waals surface area contributed by atoms with Crippen molar-refractivity contribution < 1.29 is 117 Å². The number of ether oxygens (including phenoxy) is 7. The zero-order valence-corrected chi connectivity index (χ0v) is 62.1. The van der Waals surface area contributed by atoms with Gasteiger partial charge in [0, 0.05) is 19.3 Å². The molecule has 3 fully saturated rings. The minimum absolute atomic E-state index is 0.0246. The Morgan fingerprint density at radius 2 is 0.700 bits per heavy atom. The monoisotopic (exact) mass is 1450 g/mol. The molecule has 3 rings (SSSR count). The highest BCUT2D eigenvalue weighted by Crippen LogP contribution is 2.49. The van der Waals surface area contributed by atoms with E-state index in [0.717, 1.165) is 116 Å². The van der Waals surface area contributed by atoms with E-state index in [4.69, 9.17) is 42.2 Å². The van der Waals surface area contributed by atoms with Crippen LogP contribution >= 0.6 is 7.82 Å². The molecule has 0 radical (unpaired) electrons. The van der Waals surface area contributed by atoms with E-state index < -0.39 is 156 Å². The summed E-state index contributed by atoms with van der Waals surface area (Å²) in [4.78, 5) is 51.0. The molecule has 0 spiro atoms. The molecule has 1 aliphatic carbocycles. The molecule has 24 nitrogen and oxygen atoms in total. The fraction of sp³-hybridized carbons (Fsp3) is 0.907. The average Bonchev–Trinajstić information content (AvgIpc) is 0.761. The van der Waals surface area contributed by atoms with Crippen molar-refractivity contribution in [3.63, 3.8) is 0 Å². The first-order valence-electron chi connectivity index (χ1n) is 39.1. The van der Waals surface area contributed by atoms with Crippen molar-refractivity contribution in [2.24, 2.45) is 0 Å². The van der Waals surface area contributed by atoms with Gasteiger partial charge in [0.2, 0.25) is 0 Å². The van der Waals surface area contributed by atoms with Crippen LogP contribution in [0.4, 0.5) is 0 Å². The van der Waals surface area contributed by atoms with Gasteiger partial charge in [-0.15, -0.1) is 0 Å². The van der Waals surface area contributed by atoms with Crippen molar-refractivity contribution in [2.45, 2.75) is 407 Å². The third-order valence-corrected chi connectivity index (χ3v) is 20.2. The van der Waals surface area contributed by atoms with Crippen LogP contribution in [0.1, 0.15) is 303 Å². The summed E-state index contributed by atoms with van der Waals surface area (Å²) in [5.41, 5.74) is 0. The SMILES string of the molecule is CCCCCC/C=C\CCCCCCCCCC(=O)OC(COC(=O)CCCCC/C=C\CCCCCCCC)COP(=O)(O)OC1C(OC2OC(CO)C(O)C(O)C2O)C(O)C(O)C(O)C1OC1OC(COC(=O)CCCCCCCCCCCCCCCCCCC)C(O)C(O)C1O. The molecule has 25 heteroatoms. The largest absolute Gasteiger partial charge is 0.472 e. The van der Waals surface area contributed by atoms with E-state index >= 15 is 0 Å². The van der Waals surface area contributed by atoms with Gasteiger partial charge >= 0.3 is 25.7 Å². The van der Waals surface area contributed by atoms with Crippen LogP contribution < -0.4 is 0 Å². The van der Waals surface area contributed by atoms with Gasteiger partial charge in [-0.2, -0.15) is 0 Å². The second-order valence-corrected chi connectivity index (χ2v) is 29.5. The maximum atomic E-state index is 14.3. The topological polar surface area (TPSA) is 374 Å². The fourth-order valence-electron chi connectivity index (χ4n) is 12.8. The summed E-state index contributed by atoms with van der Waals surface area (Å²) < 4.78 is 65.1. The predicted molar refractivity (Wildman–Crippen MR) is 379 cm³/mol. The van der Waals surface area contributed by atoms with Crippen molar-refractivity contribution in [3.8, 4) is 0 Å². The lowest BCUT2D eigenvalue weighted by Crippen LogP contribution is -2.69. The number of unbranched alkanes of at least 4 members (excludes halogenated alkanes) is 36. The van der Waals surface area contributed by atoms with Crippen LogP contribution in [0.2, 0.25) is 0 Å². The van der Waals surface area contributed by atoms with Gasteiger partial charge in [0.1, 0.15) is 98.7 Å². The van der Waals surface area contributed by atoms with E-state index in [1.54, 1.807) is 0 Å². The Balaban J connectivity index is 1.71. The molecule has 2 saturated heterocycles. The third kappa shape index (κ3) is 39.2. The molecule has 586 valence electrons. The Morgan fingerprint density at radius 3 is 1.10 bits per heavy atom. The standard InChI is InChI=1S/C75H137O24P/c1-4-7-10-13-16-19-22-25-27-28-30-32-35-38-41-44-47-50-60(78)92-55-58-63(81)65(83)70(88)75(96-58)98-72-68(86)66(84)67(85)71(97-74-69(87)64(82)62(80)57(52-76)95-74)73(72)99-100(89,90)93-54-56(53-91-59(77)49-46-43-40-37-34-31-24-21-18-15-12-9-6-3)94-61(79)51-48-45-42-39-36-33-29-26-23-20-17-14-11-8-5-2/h20,23,31,34,56-58,62-76,80-88H,4-19,21-22,24-30,32-33,35-55H2,1-3H3,(H,89,90)/b23-20-,34-31-. The van der Waals surface area contributed by atoms with E-state index in [2.05, 4.69) is 45.1 Å². The highest BCUT2D eigenvalue weighted by Gasteiger charge is 2.58. The van der Waals surface area contributed by atoms with Gasteiger partial charge in [-0.25, -0.2) is 4.57 Å². The summed E-state index contributed by atoms with van der Waals surface area (Å²) in [6, 6.07) is 0. The molecular weight excluding hydrogens is 1320 g/mol. The Labute approximate surface area is 598 Å². The number of phosphoric acid groups is 1. The van der Waals surface area contributed by atoms with E-state index in [0.29, 0.717) is 19.3 Å². The van der Waals surface area contributed by atoms with Gasteiger partial charge in [0.05, 0.1) is 13.2 Å². The maximum absolute atomic E-state index is 14.3. The molecule has 0 aromatic rings. The molecule has 0 amide bonds. The lowest BCUT2D eigenvalue weighted by molar-refractivity contribution is -0.360. The molecule has 1 saturated carbocycles. The smallest absolute Gasteiger partial charge is 0.463 e. The molecule has 18 unspecified atom stereocenters. The van der Waals surface area contributed by atoms with Crippen LogP contribution in [0.3, 0.4) is 0 Å². The Bertz CT molecular complexity index is 2160. The second-order valence-electron chi connectivity index (χ2n) is 28.1. The molecule has 100 heavy (non-hydrogen) atoms. The molecule has 11 N–H and O–H groups in total. The molecular formula is C75H137O24P. The summed E-state index contributed by atoms with van der Waals surface area (Å²) in [6.07, 6.45) is 18.0. The lowest BCUT2D eigenvalue weighted by Gasteiger charge is -2.49. The van der Waals surface area contributed by atoms with Crippen LogP contribution in [-0.2, 0) is 61.2 Å². The van der Waals surface area contributed by atoms with Crippen molar-refractivity contribution in [3.05, 3.63) is 24.3 Å². The Kier molecular flexibility index (Phi) is 52.0. The highest BCUT2D eigenvalue weighted by molar-refractivity contribution is 7.47. The molecule has 2 aliphatic heterocycles. The summed E-state index contributed by atoms with van der Waals surface area (Å²) in [7, 11) is -5.70. The highest BCUT2D eigenvalue weighted by atomic mass is 31.2. The number of esters is 3. The normalized spacial score (nSPS) is 27.4. The third-order valence-electron chi connectivity index (χ3n) is 19.2. The molecule has 18 atom stereocenters. The minimum atomic E-state index is -5.70. The van der Waals surface area contributed by atoms with Gasteiger partial charge in [0.25, 0.3) is 0 Å². The van der Waals surface area contributed by atoms with E-state index in [1.807, 2.05) is 0 Å². The van der Waals surface area contributed by atoms with Gasteiger partial charge in [0.15, 0.2) is 18.7 Å². The lowest BCUT2D eigenvalue weighted by atomic mass is 9.84. The average molecular weight is 1450 g/mol. The van der Waals surface area contributed by atoms with Crippen molar-refractivity contribution in [1.82, 2.24) is 0 Å².